The quantitative estimate of drug-likeness (QED) is 0.560. The van der Waals surface area contributed by atoms with Crippen molar-refractivity contribution in [2.24, 2.45) is 11.7 Å². The van der Waals surface area contributed by atoms with Crippen LogP contribution in [0, 0.1) is 5.92 Å². The summed E-state index contributed by atoms with van der Waals surface area (Å²) in [6.07, 6.45) is -4.54. The van der Waals surface area contributed by atoms with Crippen LogP contribution in [0.2, 0.25) is 0 Å². The van der Waals surface area contributed by atoms with Crippen LogP contribution in [0.3, 0.4) is 0 Å². The van der Waals surface area contributed by atoms with Gasteiger partial charge in [-0.05, 0) is 25.2 Å². The Hall–Kier alpha value is -2.33. The zero-order valence-electron chi connectivity index (χ0n) is 14.6. The number of nitrogens with zero attached hydrogens (tertiary/aromatic N) is 1. The molecule has 0 bridgehead atoms. The molecule has 0 radical (unpaired) electrons. The Balaban J connectivity index is 2.82. The number of amides is 4. The molecule has 0 spiro atoms. The summed E-state index contributed by atoms with van der Waals surface area (Å²) in [7, 11) is 0. The van der Waals surface area contributed by atoms with Crippen molar-refractivity contribution in [1.82, 2.24) is 15.5 Å². The minimum atomic E-state index is -5.07. The summed E-state index contributed by atoms with van der Waals surface area (Å²) in [5.74, 6) is -4.37. The van der Waals surface area contributed by atoms with Gasteiger partial charge in [0.1, 0.15) is 12.1 Å². The van der Waals surface area contributed by atoms with Crippen molar-refractivity contribution in [2.75, 3.05) is 13.1 Å². The predicted octanol–water partition coefficient (Wildman–Crippen LogP) is -0.328. The molecular weight excluding hydrogens is 357 g/mol. The highest BCUT2D eigenvalue weighted by Crippen LogP contribution is 2.26. The van der Waals surface area contributed by atoms with Gasteiger partial charge in [-0.2, -0.15) is 13.2 Å². The standard InChI is InChI=1S/C15H23F3N4O4/c1-8(2)6-9(12(24)20-7-11(19)23)21-13(25)10-4-3-5-22(10)14(26)15(16,17)18/h8-10H,3-7H2,1-2H3,(H2,19,23)(H,20,24)(H,21,25)/t9-,10-/m0/s1. The number of nitrogens with one attached hydrogen (secondary N) is 2. The molecule has 1 aliphatic heterocycles. The first-order chi connectivity index (χ1) is 11.9. The van der Waals surface area contributed by atoms with Crippen molar-refractivity contribution in [3.8, 4) is 0 Å². The number of rotatable bonds is 7. The molecule has 1 rings (SSSR count). The number of primary amides is 1. The smallest absolute Gasteiger partial charge is 0.368 e. The summed E-state index contributed by atoms with van der Waals surface area (Å²) in [4.78, 5) is 47.2. The Morgan fingerprint density at radius 2 is 1.85 bits per heavy atom. The van der Waals surface area contributed by atoms with Crippen molar-refractivity contribution in [3.63, 3.8) is 0 Å². The number of nitrogens with two attached hydrogens (primary N) is 1. The Morgan fingerprint density at radius 3 is 2.35 bits per heavy atom. The molecule has 0 aromatic heterocycles. The van der Waals surface area contributed by atoms with Crippen LogP contribution in [-0.2, 0) is 19.2 Å². The van der Waals surface area contributed by atoms with Gasteiger partial charge in [-0.15, -0.1) is 0 Å². The summed E-state index contributed by atoms with van der Waals surface area (Å²) in [6, 6.07) is -2.34. The van der Waals surface area contributed by atoms with E-state index in [1.54, 1.807) is 13.8 Å². The fourth-order valence-electron chi connectivity index (χ4n) is 2.71. The highest BCUT2D eigenvalue weighted by molar-refractivity contribution is 5.94. The van der Waals surface area contributed by atoms with Crippen LogP contribution in [0.5, 0.6) is 0 Å². The molecule has 4 amide bonds. The van der Waals surface area contributed by atoms with Gasteiger partial charge >= 0.3 is 12.1 Å². The normalized spacial score (nSPS) is 18.5. The van der Waals surface area contributed by atoms with E-state index in [1.165, 1.54) is 0 Å². The Kier molecular flexibility index (Phi) is 7.40. The molecular formula is C15H23F3N4O4. The third-order valence-corrected chi connectivity index (χ3v) is 3.84. The molecule has 0 saturated carbocycles. The molecule has 4 N–H and O–H groups in total. The largest absolute Gasteiger partial charge is 0.471 e. The van der Waals surface area contributed by atoms with Gasteiger partial charge in [-0.1, -0.05) is 13.8 Å². The molecule has 2 atom stereocenters. The van der Waals surface area contributed by atoms with Crippen LogP contribution < -0.4 is 16.4 Å². The molecule has 0 aliphatic carbocycles. The maximum Gasteiger partial charge on any atom is 0.471 e. The molecule has 148 valence electrons. The molecule has 1 aliphatic rings. The van der Waals surface area contributed by atoms with E-state index in [2.05, 4.69) is 10.6 Å². The molecule has 26 heavy (non-hydrogen) atoms. The molecule has 0 unspecified atom stereocenters. The van der Waals surface area contributed by atoms with Gasteiger partial charge in [0.25, 0.3) is 0 Å². The van der Waals surface area contributed by atoms with Crippen LogP contribution in [0.4, 0.5) is 13.2 Å². The van der Waals surface area contributed by atoms with E-state index in [9.17, 15) is 32.3 Å². The van der Waals surface area contributed by atoms with E-state index in [4.69, 9.17) is 5.73 Å². The second-order valence-corrected chi connectivity index (χ2v) is 6.53. The lowest BCUT2D eigenvalue weighted by Crippen LogP contribution is -2.55. The predicted molar refractivity (Wildman–Crippen MR) is 84.4 cm³/mol. The molecule has 0 aromatic rings. The Labute approximate surface area is 148 Å². The zero-order chi connectivity index (χ0) is 20.1. The number of halogens is 3. The highest BCUT2D eigenvalue weighted by Gasteiger charge is 2.48. The Morgan fingerprint density at radius 1 is 1.23 bits per heavy atom. The molecule has 1 heterocycles. The van der Waals surface area contributed by atoms with E-state index < -0.39 is 48.4 Å². The average Bonchev–Trinajstić information content (AvgIpc) is 2.99. The average molecular weight is 380 g/mol. The monoisotopic (exact) mass is 380 g/mol. The lowest BCUT2D eigenvalue weighted by Gasteiger charge is -2.27. The van der Waals surface area contributed by atoms with Gasteiger partial charge in [-0.25, -0.2) is 0 Å². The molecule has 1 fully saturated rings. The summed E-state index contributed by atoms with van der Waals surface area (Å²) in [5.41, 5.74) is 4.94. The van der Waals surface area contributed by atoms with Crippen molar-refractivity contribution >= 4 is 23.6 Å². The van der Waals surface area contributed by atoms with Gasteiger partial charge in [0.15, 0.2) is 0 Å². The van der Waals surface area contributed by atoms with E-state index in [0.29, 0.717) is 4.90 Å². The molecule has 8 nitrogen and oxygen atoms in total. The van der Waals surface area contributed by atoms with E-state index in [-0.39, 0.29) is 31.7 Å². The number of likely N-dealkylation sites (tertiary alicyclic amines) is 1. The first kappa shape index (κ1) is 21.7. The molecule has 11 heteroatoms. The van der Waals surface area contributed by atoms with E-state index in [0.717, 1.165) is 0 Å². The number of carbonyl (C=O) groups is 4. The minimum absolute atomic E-state index is 0.0175. The fraction of sp³-hybridized carbons (Fsp3) is 0.733. The summed E-state index contributed by atoms with van der Waals surface area (Å²) in [5, 5.41) is 4.64. The number of alkyl halides is 3. The van der Waals surface area contributed by atoms with Crippen LogP contribution >= 0.6 is 0 Å². The topological polar surface area (TPSA) is 122 Å². The van der Waals surface area contributed by atoms with Gasteiger partial charge in [0, 0.05) is 6.54 Å². The van der Waals surface area contributed by atoms with Gasteiger partial charge in [0.05, 0.1) is 6.54 Å². The maximum atomic E-state index is 12.6. The Bertz CT molecular complexity index is 566. The summed E-state index contributed by atoms with van der Waals surface area (Å²) >= 11 is 0. The maximum absolute atomic E-state index is 12.6. The molecule has 1 saturated heterocycles. The number of hydrogen-bond donors (Lipinski definition) is 3. The second kappa shape index (κ2) is 8.86. The number of hydrogen-bond acceptors (Lipinski definition) is 4. The molecule has 0 aromatic carbocycles. The first-order valence-electron chi connectivity index (χ1n) is 8.17. The van der Waals surface area contributed by atoms with Crippen LogP contribution in [0.25, 0.3) is 0 Å². The SMILES string of the molecule is CC(C)C[C@H](NC(=O)[C@@H]1CCCN1C(=O)C(F)(F)F)C(=O)NCC(N)=O. The lowest BCUT2D eigenvalue weighted by molar-refractivity contribution is -0.186. The summed E-state index contributed by atoms with van der Waals surface area (Å²) in [6.45, 7) is 2.97. The van der Waals surface area contributed by atoms with Crippen LogP contribution in [0.15, 0.2) is 0 Å². The third kappa shape index (κ3) is 6.19. The zero-order valence-corrected chi connectivity index (χ0v) is 14.6. The highest BCUT2D eigenvalue weighted by atomic mass is 19.4. The number of carbonyl (C=O) groups excluding carboxylic acids is 4. The summed E-state index contributed by atoms with van der Waals surface area (Å²) < 4.78 is 37.9. The lowest BCUT2D eigenvalue weighted by atomic mass is 10.0. The second-order valence-electron chi connectivity index (χ2n) is 6.53. The first-order valence-corrected chi connectivity index (χ1v) is 8.17. The van der Waals surface area contributed by atoms with Crippen molar-refractivity contribution in [3.05, 3.63) is 0 Å². The van der Waals surface area contributed by atoms with Crippen molar-refractivity contribution in [1.29, 1.82) is 0 Å². The van der Waals surface area contributed by atoms with Crippen LogP contribution in [0.1, 0.15) is 33.1 Å². The third-order valence-electron chi connectivity index (χ3n) is 3.84. The fourth-order valence-corrected chi connectivity index (χ4v) is 2.71. The van der Waals surface area contributed by atoms with Gasteiger partial charge in [-0.3, -0.25) is 19.2 Å². The van der Waals surface area contributed by atoms with E-state index >= 15 is 0 Å². The van der Waals surface area contributed by atoms with Crippen molar-refractivity contribution < 1.29 is 32.3 Å². The van der Waals surface area contributed by atoms with Crippen LogP contribution in [-0.4, -0.2) is 59.9 Å². The van der Waals surface area contributed by atoms with Gasteiger partial charge in [0.2, 0.25) is 17.7 Å². The van der Waals surface area contributed by atoms with E-state index in [1.807, 2.05) is 0 Å². The minimum Gasteiger partial charge on any atom is -0.368 e. The van der Waals surface area contributed by atoms with Gasteiger partial charge < -0.3 is 21.3 Å². The van der Waals surface area contributed by atoms with Crippen molar-refractivity contribution in [2.45, 2.75) is 51.4 Å².